The molecule has 4 rings (SSSR count). The first-order chi connectivity index (χ1) is 15.6. The summed E-state index contributed by atoms with van der Waals surface area (Å²) in [6, 6.07) is 23.1. The van der Waals surface area contributed by atoms with E-state index >= 15 is 0 Å². The highest BCUT2D eigenvalue weighted by molar-refractivity contribution is 6.30. The molecule has 4 aromatic rings. The Labute approximate surface area is 193 Å². The third kappa shape index (κ3) is 5.29. The summed E-state index contributed by atoms with van der Waals surface area (Å²) in [7, 11) is 0. The lowest BCUT2D eigenvalue weighted by molar-refractivity contribution is 0.0954. The zero-order valence-electron chi connectivity index (χ0n) is 18.1. The van der Waals surface area contributed by atoms with Crippen molar-refractivity contribution in [3.8, 4) is 5.75 Å². The molecule has 1 N–H and O–H groups in total. The molecule has 0 fully saturated rings. The summed E-state index contributed by atoms with van der Waals surface area (Å²) >= 11 is 5.99. The van der Waals surface area contributed by atoms with Gasteiger partial charge in [-0.15, -0.1) is 0 Å². The molecular formula is C26H26ClN3O2. The van der Waals surface area contributed by atoms with Gasteiger partial charge in [-0.05, 0) is 55.3 Å². The summed E-state index contributed by atoms with van der Waals surface area (Å²) in [6.45, 7) is 3.97. The minimum absolute atomic E-state index is 0.137. The number of nitrogens with zero attached hydrogens (tertiary/aromatic N) is 2. The Morgan fingerprint density at radius 2 is 1.88 bits per heavy atom. The topological polar surface area (TPSA) is 56.1 Å². The number of carbonyl (C=O) groups excluding carboxylic acids is 1. The van der Waals surface area contributed by atoms with Gasteiger partial charge in [0.1, 0.15) is 11.6 Å². The first-order valence-electron chi connectivity index (χ1n) is 10.8. The highest BCUT2D eigenvalue weighted by Gasteiger charge is 2.12. The lowest BCUT2D eigenvalue weighted by atomic mass is 10.2. The Kier molecular flexibility index (Phi) is 7.07. The molecule has 3 aromatic carbocycles. The quantitative estimate of drug-likeness (QED) is 0.347. The van der Waals surface area contributed by atoms with E-state index in [9.17, 15) is 4.79 Å². The summed E-state index contributed by atoms with van der Waals surface area (Å²) < 4.78 is 8.18. The standard InChI is InChI=1S/C26H26ClN3O2/c1-19-8-2-5-13-24(19)32-17-7-16-30-23-12-4-3-11-22(23)29-25(30)14-15-28-26(31)20-9-6-10-21(27)18-20/h2-6,8-13,18H,7,14-17H2,1H3,(H,28,31). The normalized spacial score (nSPS) is 10.9. The largest absolute Gasteiger partial charge is 0.493 e. The van der Waals surface area contributed by atoms with E-state index in [4.69, 9.17) is 21.3 Å². The SMILES string of the molecule is Cc1ccccc1OCCCn1c(CCNC(=O)c2cccc(Cl)c2)nc2ccccc21. The predicted molar refractivity (Wildman–Crippen MR) is 129 cm³/mol. The van der Waals surface area contributed by atoms with Gasteiger partial charge in [-0.2, -0.15) is 0 Å². The van der Waals surface area contributed by atoms with Crippen LogP contribution in [0.4, 0.5) is 0 Å². The molecule has 32 heavy (non-hydrogen) atoms. The zero-order chi connectivity index (χ0) is 22.3. The van der Waals surface area contributed by atoms with Gasteiger partial charge in [-0.3, -0.25) is 4.79 Å². The number of ether oxygens (including phenoxy) is 1. The zero-order valence-corrected chi connectivity index (χ0v) is 18.8. The van der Waals surface area contributed by atoms with Crippen LogP contribution in [0.15, 0.2) is 72.8 Å². The number of aromatic nitrogens is 2. The van der Waals surface area contributed by atoms with Crippen molar-refractivity contribution in [2.75, 3.05) is 13.2 Å². The third-order valence-corrected chi connectivity index (χ3v) is 5.57. The molecule has 164 valence electrons. The van der Waals surface area contributed by atoms with Crippen molar-refractivity contribution in [3.05, 3.63) is 94.8 Å². The van der Waals surface area contributed by atoms with Crippen LogP contribution >= 0.6 is 11.6 Å². The Bertz CT molecular complexity index is 1220. The minimum atomic E-state index is -0.137. The molecule has 1 amide bonds. The summed E-state index contributed by atoms with van der Waals surface area (Å²) in [5.74, 6) is 1.74. The van der Waals surface area contributed by atoms with Gasteiger partial charge in [0.2, 0.25) is 0 Å². The summed E-state index contributed by atoms with van der Waals surface area (Å²) in [6.07, 6.45) is 1.50. The van der Waals surface area contributed by atoms with Crippen LogP contribution in [-0.2, 0) is 13.0 Å². The van der Waals surface area contributed by atoms with Crippen molar-refractivity contribution < 1.29 is 9.53 Å². The maximum absolute atomic E-state index is 12.4. The van der Waals surface area contributed by atoms with Gasteiger partial charge in [0.15, 0.2) is 0 Å². The fourth-order valence-corrected chi connectivity index (χ4v) is 3.90. The van der Waals surface area contributed by atoms with Gasteiger partial charge >= 0.3 is 0 Å². The highest BCUT2D eigenvalue weighted by atomic mass is 35.5. The predicted octanol–water partition coefficient (Wildman–Crippen LogP) is 5.44. The average Bonchev–Trinajstić information content (AvgIpc) is 3.15. The number of rotatable bonds is 9. The second kappa shape index (κ2) is 10.3. The van der Waals surface area contributed by atoms with Gasteiger partial charge in [0, 0.05) is 30.1 Å². The van der Waals surface area contributed by atoms with E-state index < -0.39 is 0 Å². The van der Waals surface area contributed by atoms with E-state index in [-0.39, 0.29) is 5.91 Å². The molecule has 5 nitrogen and oxygen atoms in total. The van der Waals surface area contributed by atoms with Gasteiger partial charge < -0.3 is 14.6 Å². The Morgan fingerprint density at radius 1 is 1.06 bits per heavy atom. The van der Waals surface area contributed by atoms with Crippen molar-refractivity contribution in [1.82, 2.24) is 14.9 Å². The first-order valence-corrected chi connectivity index (χ1v) is 11.2. The van der Waals surface area contributed by atoms with Crippen molar-refractivity contribution in [2.45, 2.75) is 26.3 Å². The van der Waals surface area contributed by atoms with Crippen LogP contribution in [0.5, 0.6) is 5.75 Å². The number of para-hydroxylation sites is 3. The van der Waals surface area contributed by atoms with E-state index in [1.807, 2.05) is 36.4 Å². The lowest BCUT2D eigenvalue weighted by Gasteiger charge is -2.12. The third-order valence-electron chi connectivity index (χ3n) is 5.33. The lowest BCUT2D eigenvalue weighted by Crippen LogP contribution is -2.26. The highest BCUT2D eigenvalue weighted by Crippen LogP contribution is 2.19. The second-order valence-electron chi connectivity index (χ2n) is 7.65. The van der Waals surface area contributed by atoms with Crippen LogP contribution in [0.1, 0.15) is 28.2 Å². The number of carbonyl (C=O) groups is 1. The van der Waals surface area contributed by atoms with Crippen LogP contribution in [0, 0.1) is 6.92 Å². The molecule has 6 heteroatoms. The van der Waals surface area contributed by atoms with Crippen LogP contribution in [0.25, 0.3) is 11.0 Å². The smallest absolute Gasteiger partial charge is 0.251 e. The number of nitrogens with one attached hydrogen (secondary N) is 1. The second-order valence-corrected chi connectivity index (χ2v) is 8.09. The van der Waals surface area contributed by atoms with Crippen molar-refractivity contribution in [1.29, 1.82) is 0 Å². The van der Waals surface area contributed by atoms with E-state index in [2.05, 4.69) is 28.9 Å². The van der Waals surface area contributed by atoms with Gasteiger partial charge in [0.25, 0.3) is 5.91 Å². The monoisotopic (exact) mass is 447 g/mol. The average molecular weight is 448 g/mol. The summed E-state index contributed by atoms with van der Waals surface area (Å²) in [5.41, 5.74) is 3.75. The number of halogens is 1. The number of hydrogen-bond acceptors (Lipinski definition) is 3. The van der Waals surface area contributed by atoms with Gasteiger partial charge in [-0.25, -0.2) is 4.98 Å². The van der Waals surface area contributed by atoms with Crippen LogP contribution in [0.3, 0.4) is 0 Å². The molecule has 0 atom stereocenters. The van der Waals surface area contributed by atoms with Crippen molar-refractivity contribution in [2.24, 2.45) is 0 Å². The molecule has 1 heterocycles. The molecule has 0 saturated carbocycles. The molecule has 0 radical (unpaired) electrons. The molecule has 0 spiro atoms. The number of hydrogen-bond donors (Lipinski definition) is 1. The summed E-state index contributed by atoms with van der Waals surface area (Å²) in [4.78, 5) is 17.2. The van der Waals surface area contributed by atoms with Crippen molar-refractivity contribution >= 4 is 28.5 Å². The molecule has 0 aliphatic rings. The van der Waals surface area contributed by atoms with Gasteiger partial charge in [-0.1, -0.05) is 48.0 Å². The Balaban J connectivity index is 1.38. The Hall–Kier alpha value is -3.31. The van der Waals surface area contributed by atoms with E-state index in [0.717, 1.165) is 41.1 Å². The maximum Gasteiger partial charge on any atom is 0.251 e. The molecular weight excluding hydrogens is 422 g/mol. The van der Waals surface area contributed by atoms with Crippen molar-refractivity contribution in [3.63, 3.8) is 0 Å². The van der Waals surface area contributed by atoms with E-state index in [1.54, 1.807) is 24.3 Å². The van der Waals surface area contributed by atoms with Gasteiger partial charge in [0.05, 0.1) is 17.6 Å². The molecule has 0 unspecified atom stereocenters. The van der Waals surface area contributed by atoms with Crippen LogP contribution in [-0.4, -0.2) is 28.6 Å². The number of imidazole rings is 1. The number of amides is 1. The molecule has 0 saturated heterocycles. The first kappa shape index (κ1) is 21.9. The summed E-state index contributed by atoms with van der Waals surface area (Å²) in [5, 5.41) is 3.51. The van der Waals surface area contributed by atoms with Crippen LogP contribution in [0.2, 0.25) is 5.02 Å². The molecule has 0 aliphatic carbocycles. The van der Waals surface area contributed by atoms with E-state index in [0.29, 0.717) is 30.2 Å². The molecule has 1 aromatic heterocycles. The maximum atomic E-state index is 12.4. The molecule has 0 aliphatic heterocycles. The number of aryl methyl sites for hydroxylation is 2. The van der Waals surface area contributed by atoms with E-state index in [1.165, 1.54) is 0 Å². The van der Waals surface area contributed by atoms with Crippen LogP contribution < -0.4 is 10.1 Å². The minimum Gasteiger partial charge on any atom is -0.493 e. The fourth-order valence-electron chi connectivity index (χ4n) is 3.71. The molecule has 0 bridgehead atoms. The number of fused-ring (bicyclic) bond motifs is 1. The fraction of sp³-hybridized carbons (Fsp3) is 0.231. The number of benzene rings is 3. The Morgan fingerprint density at radius 3 is 2.72 bits per heavy atom.